The summed E-state index contributed by atoms with van der Waals surface area (Å²) in [7, 11) is 0. The number of benzene rings is 2. The number of carbonyl (C=O) groups excluding carboxylic acids is 2. The fraction of sp³-hybridized carbons (Fsp3) is 0.464. The van der Waals surface area contributed by atoms with Gasteiger partial charge in [0.15, 0.2) is 0 Å². The van der Waals surface area contributed by atoms with Gasteiger partial charge in [-0.15, -0.1) is 0 Å². The summed E-state index contributed by atoms with van der Waals surface area (Å²) in [5.74, 6) is -1.03. The van der Waals surface area contributed by atoms with E-state index in [4.69, 9.17) is 9.84 Å². The van der Waals surface area contributed by atoms with E-state index in [2.05, 4.69) is 29.6 Å². The van der Waals surface area contributed by atoms with E-state index >= 15 is 0 Å². The molecular weight excluding hydrogens is 444 g/mol. The zero-order valence-corrected chi connectivity index (χ0v) is 19.8. The standard InChI is InChI=1S/C28H32N2O5/c31-26(32)14-15-30(20-12-13-20)27(33)18-6-5-7-19(16-18)29-28(34)35-17-25-23-10-3-1-8-21(23)22-9-2-4-11-24(22)25/h1-4,8-11,18-20,25H,5-7,12-17H2,(H,29,34)(H,31,32)/t18-,19+/m0/s1. The zero-order chi connectivity index (χ0) is 24.4. The number of aliphatic carboxylic acids is 1. The molecule has 2 saturated carbocycles. The number of nitrogens with one attached hydrogen (secondary N) is 1. The Hall–Kier alpha value is -3.35. The molecule has 184 valence electrons. The lowest BCUT2D eigenvalue weighted by Crippen LogP contribution is -2.45. The van der Waals surface area contributed by atoms with Gasteiger partial charge in [-0.05, 0) is 54.4 Å². The summed E-state index contributed by atoms with van der Waals surface area (Å²) in [5.41, 5.74) is 4.72. The van der Waals surface area contributed by atoms with Crippen molar-refractivity contribution < 1.29 is 24.2 Å². The molecule has 0 aromatic heterocycles. The van der Waals surface area contributed by atoms with Crippen molar-refractivity contribution >= 4 is 18.0 Å². The van der Waals surface area contributed by atoms with Gasteiger partial charge in [0.2, 0.25) is 5.91 Å². The van der Waals surface area contributed by atoms with Gasteiger partial charge in [0.25, 0.3) is 0 Å². The molecule has 0 heterocycles. The van der Waals surface area contributed by atoms with E-state index < -0.39 is 12.1 Å². The third kappa shape index (κ3) is 5.19. The number of alkyl carbamates (subject to hydrolysis) is 1. The van der Waals surface area contributed by atoms with Crippen LogP contribution in [0.3, 0.4) is 0 Å². The van der Waals surface area contributed by atoms with Gasteiger partial charge >= 0.3 is 12.1 Å². The van der Waals surface area contributed by atoms with Crippen LogP contribution in [-0.4, -0.2) is 53.2 Å². The molecule has 2 atom stereocenters. The highest BCUT2D eigenvalue weighted by atomic mass is 16.5. The second kappa shape index (κ2) is 10.1. The Morgan fingerprint density at radius 3 is 2.23 bits per heavy atom. The predicted octanol–water partition coefficient (Wildman–Crippen LogP) is 4.55. The molecule has 0 bridgehead atoms. The van der Waals surface area contributed by atoms with Crippen LogP contribution in [0, 0.1) is 5.92 Å². The second-order valence-electron chi connectivity index (χ2n) is 9.94. The van der Waals surface area contributed by atoms with Crippen molar-refractivity contribution in [3.05, 3.63) is 59.7 Å². The Balaban J connectivity index is 1.16. The normalized spacial score (nSPS) is 21.0. The molecule has 2 aromatic carbocycles. The Morgan fingerprint density at radius 1 is 0.943 bits per heavy atom. The van der Waals surface area contributed by atoms with Gasteiger partial charge in [0, 0.05) is 30.5 Å². The number of carbonyl (C=O) groups is 3. The van der Waals surface area contributed by atoms with E-state index in [0.29, 0.717) is 6.42 Å². The number of fused-ring (bicyclic) bond motifs is 3. The summed E-state index contributed by atoms with van der Waals surface area (Å²) in [4.78, 5) is 38.6. The SMILES string of the molecule is O=C(O)CCN(C(=O)[C@H]1CCC[C@@H](NC(=O)OCC2c3ccccc3-c3ccccc32)C1)C1CC1. The number of rotatable bonds is 8. The lowest BCUT2D eigenvalue weighted by molar-refractivity contribution is -0.140. The van der Waals surface area contributed by atoms with Crippen LogP contribution in [0.5, 0.6) is 0 Å². The first-order valence-corrected chi connectivity index (χ1v) is 12.6. The van der Waals surface area contributed by atoms with Crippen LogP contribution >= 0.6 is 0 Å². The lowest BCUT2D eigenvalue weighted by Gasteiger charge is -2.33. The number of nitrogens with zero attached hydrogens (tertiary/aromatic N) is 1. The molecule has 0 aliphatic heterocycles. The maximum absolute atomic E-state index is 13.1. The van der Waals surface area contributed by atoms with Gasteiger partial charge in [0.1, 0.15) is 6.61 Å². The molecule has 7 heteroatoms. The minimum Gasteiger partial charge on any atom is -0.481 e. The van der Waals surface area contributed by atoms with Crippen LogP contribution in [0.4, 0.5) is 4.79 Å². The summed E-state index contributed by atoms with van der Waals surface area (Å²) in [6, 6.07) is 16.5. The average molecular weight is 477 g/mol. The summed E-state index contributed by atoms with van der Waals surface area (Å²) >= 11 is 0. The third-order valence-electron chi connectivity index (χ3n) is 7.53. The Kier molecular flexibility index (Phi) is 6.75. The molecule has 2 amide bonds. The number of carboxylic acid groups (broad SMARTS) is 1. The highest BCUT2D eigenvalue weighted by Crippen LogP contribution is 2.44. The fourth-order valence-electron chi connectivity index (χ4n) is 5.66. The molecule has 2 N–H and O–H groups in total. The average Bonchev–Trinajstić information content (AvgIpc) is 3.65. The van der Waals surface area contributed by atoms with Gasteiger partial charge in [-0.25, -0.2) is 4.79 Å². The number of carboxylic acids is 1. The maximum Gasteiger partial charge on any atom is 0.407 e. The minimum atomic E-state index is -0.887. The first-order chi connectivity index (χ1) is 17.0. The van der Waals surface area contributed by atoms with Crippen molar-refractivity contribution in [3.8, 4) is 11.1 Å². The molecule has 0 saturated heterocycles. The van der Waals surface area contributed by atoms with Gasteiger partial charge < -0.3 is 20.1 Å². The molecule has 3 aliphatic rings. The van der Waals surface area contributed by atoms with Crippen LogP contribution in [0.25, 0.3) is 11.1 Å². The molecule has 2 fully saturated rings. The third-order valence-corrected chi connectivity index (χ3v) is 7.53. The van der Waals surface area contributed by atoms with Crippen molar-refractivity contribution in [3.63, 3.8) is 0 Å². The second-order valence-corrected chi connectivity index (χ2v) is 9.94. The number of hydrogen-bond donors (Lipinski definition) is 2. The van der Waals surface area contributed by atoms with E-state index in [9.17, 15) is 14.4 Å². The van der Waals surface area contributed by atoms with Gasteiger partial charge in [0.05, 0.1) is 6.42 Å². The van der Waals surface area contributed by atoms with Crippen molar-refractivity contribution in [1.29, 1.82) is 0 Å². The molecule has 0 unspecified atom stereocenters. The van der Waals surface area contributed by atoms with E-state index in [1.54, 1.807) is 4.90 Å². The quantitative estimate of drug-likeness (QED) is 0.583. The molecule has 0 radical (unpaired) electrons. The molecule has 7 nitrogen and oxygen atoms in total. The molecule has 3 aliphatic carbocycles. The highest BCUT2D eigenvalue weighted by molar-refractivity contribution is 5.81. The highest BCUT2D eigenvalue weighted by Gasteiger charge is 2.38. The van der Waals surface area contributed by atoms with E-state index in [-0.39, 0.29) is 49.4 Å². The molecule has 35 heavy (non-hydrogen) atoms. The van der Waals surface area contributed by atoms with E-state index in [1.165, 1.54) is 22.3 Å². The van der Waals surface area contributed by atoms with E-state index in [1.807, 2.05) is 24.3 Å². The topological polar surface area (TPSA) is 95.9 Å². The Morgan fingerprint density at radius 2 is 1.60 bits per heavy atom. The number of amides is 2. The van der Waals surface area contributed by atoms with Crippen molar-refractivity contribution in [1.82, 2.24) is 10.2 Å². The Labute approximate surface area is 205 Å². The summed E-state index contributed by atoms with van der Waals surface area (Å²) in [6.07, 6.45) is 4.41. The minimum absolute atomic E-state index is 0.00941. The van der Waals surface area contributed by atoms with Gasteiger partial charge in [-0.1, -0.05) is 55.0 Å². The number of ether oxygens (including phenoxy) is 1. The van der Waals surface area contributed by atoms with Crippen LogP contribution in [0.1, 0.15) is 62.0 Å². The maximum atomic E-state index is 13.1. The zero-order valence-electron chi connectivity index (χ0n) is 19.8. The van der Waals surface area contributed by atoms with Crippen LogP contribution < -0.4 is 5.32 Å². The molecule has 0 spiro atoms. The molecular formula is C28H32N2O5. The molecule has 5 rings (SSSR count). The smallest absolute Gasteiger partial charge is 0.407 e. The number of hydrogen-bond acceptors (Lipinski definition) is 4. The Bertz CT molecular complexity index is 1070. The summed E-state index contributed by atoms with van der Waals surface area (Å²) in [5, 5.41) is 12.0. The first kappa shape index (κ1) is 23.4. The van der Waals surface area contributed by atoms with Gasteiger partial charge in [-0.2, -0.15) is 0 Å². The van der Waals surface area contributed by atoms with Crippen molar-refractivity contribution in [2.24, 2.45) is 5.92 Å². The fourth-order valence-corrected chi connectivity index (χ4v) is 5.66. The summed E-state index contributed by atoms with van der Waals surface area (Å²) < 4.78 is 5.69. The van der Waals surface area contributed by atoms with Crippen LogP contribution in [-0.2, 0) is 14.3 Å². The largest absolute Gasteiger partial charge is 0.481 e. The summed E-state index contributed by atoms with van der Waals surface area (Å²) in [6.45, 7) is 0.527. The van der Waals surface area contributed by atoms with Gasteiger partial charge in [-0.3, -0.25) is 9.59 Å². The van der Waals surface area contributed by atoms with Crippen LogP contribution in [0.15, 0.2) is 48.5 Å². The van der Waals surface area contributed by atoms with Crippen molar-refractivity contribution in [2.45, 2.75) is 62.9 Å². The van der Waals surface area contributed by atoms with Crippen LogP contribution in [0.2, 0.25) is 0 Å². The van der Waals surface area contributed by atoms with Crippen molar-refractivity contribution in [2.75, 3.05) is 13.2 Å². The lowest BCUT2D eigenvalue weighted by atomic mass is 9.84. The molecule has 2 aromatic rings. The van der Waals surface area contributed by atoms with E-state index in [0.717, 1.165) is 32.1 Å². The first-order valence-electron chi connectivity index (χ1n) is 12.6. The predicted molar refractivity (Wildman–Crippen MR) is 131 cm³/mol. The monoisotopic (exact) mass is 476 g/mol.